The van der Waals surface area contributed by atoms with Crippen LogP contribution in [0.4, 0.5) is 4.79 Å². The minimum atomic E-state index is -0.923. The van der Waals surface area contributed by atoms with Gasteiger partial charge < -0.3 is 19.6 Å². The van der Waals surface area contributed by atoms with E-state index in [1.54, 1.807) is 4.90 Å². The van der Waals surface area contributed by atoms with E-state index in [9.17, 15) is 9.59 Å². The molecule has 2 rings (SSSR count). The average Bonchev–Trinajstić information content (AvgIpc) is 2.87. The predicted octanol–water partition coefficient (Wildman–Crippen LogP) is 0.677. The number of carboxylic acids is 1. The van der Waals surface area contributed by atoms with Crippen LogP contribution in [0.3, 0.4) is 0 Å². The molecule has 0 aliphatic carbocycles. The van der Waals surface area contributed by atoms with E-state index in [0.717, 1.165) is 6.42 Å². The van der Waals surface area contributed by atoms with Crippen molar-refractivity contribution in [1.29, 1.82) is 0 Å². The molecule has 2 atom stereocenters. The molecule has 0 aromatic heterocycles. The second-order valence-electron chi connectivity index (χ2n) is 4.45. The fourth-order valence-corrected chi connectivity index (χ4v) is 3.30. The van der Waals surface area contributed by atoms with Gasteiger partial charge in [0.25, 0.3) is 0 Å². The number of carbonyl (C=O) groups is 2. The molecule has 0 radical (unpaired) electrons. The molecule has 0 saturated carbocycles. The number of urea groups is 1. The van der Waals surface area contributed by atoms with Crippen LogP contribution in [-0.2, 0) is 9.53 Å². The molecule has 2 aliphatic heterocycles. The standard InChI is InChI=1S/C11H18N2O4S/c1-2-8-5-12(3-4-17-8)11(16)13-7-18-6-9(13)10(14)15/h8-9H,2-7H2,1H3,(H,14,15)/t8?,9-/m0/s1. The Bertz CT molecular complexity index is 339. The molecular weight excluding hydrogens is 256 g/mol. The smallest absolute Gasteiger partial charge is 0.327 e. The molecular formula is C11H18N2O4S. The number of rotatable bonds is 2. The third-order valence-corrected chi connectivity index (χ3v) is 4.29. The summed E-state index contributed by atoms with van der Waals surface area (Å²) in [7, 11) is 0. The summed E-state index contributed by atoms with van der Waals surface area (Å²) in [6.45, 7) is 3.65. The van der Waals surface area contributed by atoms with Gasteiger partial charge in [0.15, 0.2) is 0 Å². The number of thioether (sulfide) groups is 1. The Kier molecular flexibility index (Phi) is 4.34. The molecule has 0 bridgehead atoms. The SMILES string of the molecule is CCC1CN(C(=O)N2CSC[C@H]2C(=O)O)CCO1. The lowest BCUT2D eigenvalue weighted by atomic mass is 10.2. The lowest BCUT2D eigenvalue weighted by Gasteiger charge is -2.35. The molecule has 2 amide bonds. The van der Waals surface area contributed by atoms with Crippen molar-refractivity contribution in [3.63, 3.8) is 0 Å². The fraction of sp³-hybridized carbons (Fsp3) is 0.818. The third kappa shape index (κ3) is 2.72. The summed E-state index contributed by atoms with van der Waals surface area (Å²) < 4.78 is 5.51. The predicted molar refractivity (Wildman–Crippen MR) is 67.6 cm³/mol. The lowest BCUT2D eigenvalue weighted by molar-refractivity contribution is -0.141. The summed E-state index contributed by atoms with van der Waals surface area (Å²) in [5, 5.41) is 9.08. The number of nitrogens with zero attached hydrogens (tertiary/aromatic N) is 2. The largest absolute Gasteiger partial charge is 0.480 e. The number of carboxylic acid groups (broad SMARTS) is 1. The Labute approximate surface area is 110 Å². The van der Waals surface area contributed by atoms with Crippen molar-refractivity contribution in [2.45, 2.75) is 25.5 Å². The zero-order valence-corrected chi connectivity index (χ0v) is 11.2. The fourth-order valence-electron chi connectivity index (χ4n) is 2.16. The first-order chi connectivity index (χ1) is 8.63. The van der Waals surface area contributed by atoms with Gasteiger partial charge in [-0.3, -0.25) is 0 Å². The number of hydrogen-bond donors (Lipinski definition) is 1. The first kappa shape index (κ1) is 13.5. The number of morpholine rings is 1. The van der Waals surface area contributed by atoms with Crippen LogP contribution in [0.1, 0.15) is 13.3 Å². The van der Waals surface area contributed by atoms with Crippen molar-refractivity contribution in [2.24, 2.45) is 0 Å². The van der Waals surface area contributed by atoms with Crippen LogP contribution < -0.4 is 0 Å². The van der Waals surface area contributed by atoms with Crippen LogP contribution in [0, 0.1) is 0 Å². The Morgan fingerprint density at radius 2 is 2.28 bits per heavy atom. The van der Waals surface area contributed by atoms with Gasteiger partial charge in [-0.1, -0.05) is 6.92 Å². The number of ether oxygens (including phenoxy) is 1. The van der Waals surface area contributed by atoms with Gasteiger partial charge in [-0.2, -0.15) is 0 Å². The van der Waals surface area contributed by atoms with Gasteiger partial charge in [-0.05, 0) is 6.42 Å². The highest BCUT2D eigenvalue weighted by atomic mass is 32.2. The zero-order valence-electron chi connectivity index (χ0n) is 10.4. The van der Waals surface area contributed by atoms with Crippen molar-refractivity contribution < 1.29 is 19.4 Å². The molecule has 1 unspecified atom stereocenters. The summed E-state index contributed by atoms with van der Waals surface area (Å²) >= 11 is 1.48. The van der Waals surface area contributed by atoms with E-state index < -0.39 is 12.0 Å². The number of hydrogen-bond acceptors (Lipinski definition) is 4. The minimum absolute atomic E-state index is 0.0706. The van der Waals surface area contributed by atoms with E-state index in [1.165, 1.54) is 16.7 Å². The molecule has 0 aromatic carbocycles. The van der Waals surface area contributed by atoms with Gasteiger partial charge in [-0.15, -0.1) is 11.8 Å². The van der Waals surface area contributed by atoms with Crippen LogP contribution in [0.25, 0.3) is 0 Å². The third-order valence-electron chi connectivity index (χ3n) is 3.28. The van der Waals surface area contributed by atoms with E-state index in [2.05, 4.69) is 0 Å². The van der Waals surface area contributed by atoms with Gasteiger partial charge in [-0.25, -0.2) is 9.59 Å². The zero-order chi connectivity index (χ0) is 13.1. The number of amides is 2. The second-order valence-corrected chi connectivity index (χ2v) is 5.45. The van der Waals surface area contributed by atoms with E-state index in [4.69, 9.17) is 9.84 Å². The van der Waals surface area contributed by atoms with Gasteiger partial charge >= 0.3 is 12.0 Å². The Balaban J connectivity index is 1.99. The van der Waals surface area contributed by atoms with Crippen molar-refractivity contribution in [1.82, 2.24) is 9.80 Å². The summed E-state index contributed by atoms with van der Waals surface area (Å²) in [6.07, 6.45) is 0.933. The first-order valence-corrected chi connectivity index (χ1v) is 7.26. The molecule has 6 nitrogen and oxygen atoms in total. The molecule has 1 N–H and O–H groups in total. The van der Waals surface area contributed by atoms with Gasteiger partial charge in [0.05, 0.1) is 18.6 Å². The van der Waals surface area contributed by atoms with Crippen LogP contribution in [0.15, 0.2) is 0 Å². The maximum atomic E-state index is 12.3. The maximum absolute atomic E-state index is 12.3. The van der Waals surface area contributed by atoms with Crippen LogP contribution >= 0.6 is 11.8 Å². The van der Waals surface area contributed by atoms with E-state index in [0.29, 0.717) is 31.3 Å². The highest BCUT2D eigenvalue weighted by Crippen LogP contribution is 2.23. The van der Waals surface area contributed by atoms with E-state index in [1.807, 2.05) is 6.92 Å². The average molecular weight is 274 g/mol. The normalized spacial score (nSPS) is 28.5. The Hall–Kier alpha value is -0.950. The van der Waals surface area contributed by atoms with Crippen LogP contribution in [0.2, 0.25) is 0 Å². The first-order valence-electron chi connectivity index (χ1n) is 6.11. The van der Waals surface area contributed by atoms with Crippen molar-refractivity contribution in [2.75, 3.05) is 31.3 Å². The van der Waals surface area contributed by atoms with Gasteiger partial charge in [0, 0.05) is 18.8 Å². The summed E-state index contributed by atoms with van der Waals surface area (Å²) in [4.78, 5) is 26.5. The number of aliphatic carboxylic acids is 1. The topological polar surface area (TPSA) is 70.1 Å². The maximum Gasteiger partial charge on any atom is 0.327 e. The molecule has 2 heterocycles. The molecule has 7 heteroatoms. The van der Waals surface area contributed by atoms with Gasteiger partial charge in [0.2, 0.25) is 0 Å². The summed E-state index contributed by atoms with van der Waals surface area (Å²) in [6, 6.07) is -0.862. The second kappa shape index (κ2) is 5.79. The molecule has 18 heavy (non-hydrogen) atoms. The summed E-state index contributed by atoms with van der Waals surface area (Å²) in [5.41, 5.74) is 0. The van der Waals surface area contributed by atoms with Crippen LogP contribution in [0.5, 0.6) is 0 Å². The minimum Gasteiger partial charge on any atom is -0.480 e. The highest BCUT2D eigenvalue weighted by molar-refractivity contribution is 7.99. The summed E-state index contributed by atoms with van der Waals surface area (Å²) in [5.74, 6) is 0.0145. The van der Waals surface area contributed by atoms with E-state index in [-0.39, 0.29) is 12.1 Å². The molecule has 0 aromatic rings. The number of carbonyl (C=O) groups excluding carboxylic acids is 1. The molecule has 2 saturated heterocycles. The molecule has 2 aliphatic rings. The van der Waals surface area contributed by atoms with Crippen molar-refractivity contribution >= 4 is 23.8 Å². The monoisotopic (exact) mass is 274 g/mol. The van der Waals surface area contributed by atoms with Crippen LogP contribution in [-0.4, -0.2) is 70.4 Å². The molecule has 2 fully saturated rings. The molecule has 102 valence electrons. The van der Waals surface area contributed by atoms with Gasteiger partial charge in [0.1, 0.15) is 6.04 Å². The van der Waals surface area contributed by atoms with Crippen molar-refractivity contribution in [3.8, 4) is 0 Å². The Morgan fingerprint density at radius 1 is 1.50 bits per heavy atom. The van der Waals surface area contributed by atoms with E-state index >= 15 is 0 Å². The Morgan fingerprint density at radius 3 is 2.94 bits per heavy atom. The van der Waals surface area contributed by atoms with Crippen molar-refractivity contribution in [3.05, 3.63) is 0 Å². The molecule has 0 spiro atoms. The lowest BCUT2D eigenvalue weighted by Crippen LogP contribution is -2.53. The quantitative estimate of drug-likeness (QED) is 0.801. The highest BCUT2D eigenvalue weighted by Gasteiger charge is 2.37.